The Kier molecular flexibility index (Phi) is 3.96. The number of aryl methyl sites for hydroxylation is 1. The molecule has 1 fully saturated rings. The van der Waals surface area contributed by atoms with Crippen molar-refractivity contribution >= 4 is 22.5 Å². The second kappa shape index (κ2) is 5.46. The molecule has 0 unspecified atom stereocenters. The van der Waals surface area contributed by atoms with Crippen molar-refractivity contribution in [3.63, 3.8) is 0 Å². The first-order valence-corrected chi connectivity index (χ1v) is 6.69. The molecule has 2 rings (SSSR count). The number of aliphatic hydroxyl groups is 1. The largest absolute Gasteiger partial charge is 0.394 e. The maximum absolute atomic E-state index is 12.0. The van der Waals surface area contributed by atoms with Gasteiger partial charge in [0.15, 0.2) is 5.13 Å². The van der Waals surface area contributed by atoms with Gasteiger partial charge in [-0.2, -0.15) is 0 Å². The van der Waals surface area contributed by atoms with Crippen LogP contribution in [-0.4, -0.2) is 40.2 Å². The smallest absolute Gasteiger partial charge is 0.323 e. The lowest BCUT2D eigenvalue weighted by molar-refractivity contribution is 0.166. The van der Waals surface area contributed by atoms with Crippen LogP contribution in [0.4, 0.5) is 9.93 Å². The van der Waals surface area contributed by atoms with Crippen LogP contribution < -0.4 is 5.32 Å². The zero-order valence-corrected chi connectivity index (χ0v) is 10.7. The maximum Gasteiger partial charge on any atom is 0.323 e. The van der Waals surface area contributed by atoms with E-state index in [1.165, 1.54) is 11.3 Å². The van der Waals surface area contributed by atoms with E-state index in [-0.39, 0.29) is 18.7 Å². The van der Waals surface area contributed by atoms with Gasteiger partial charge >= 0.3 is 6.03 Å². The Balaban J connectivity index is 1.96. The second-order valence-corrected chi connectivity index (χ2v) is 5.20. The number of likely N-dealkylation sites (tertiary alicyclic amines) is 1. The molecule has 0 aromatic carbocycles. The molecular formula is C11H17N3O2S. The van der Waals surface area contributed by atoms with Gasteiger partial charge in [-0.15, -0.1) is 11.3 Å². The highest BCUT2D eigenvalue weighted by Crippen LogP contribution is 2.21. The van der Waals surface area contributed by atoms with Crippen molar-refractivity contribution in [3.8, 4) is 0 Å². The lowest BCUT2D eigenvalue weighted by Gasteiger charge is -2.22. The number of amides is 2. The van der Waals surface area contributed by atoms with Crippen molar-refractivity contribution < 1.29 is 9.90 Å². The number of carbonyl (C=O) groups excluding carboxylic acids is 1. The van der Waals surface area contributed by atoms with Crippen LogP contribution in [0.3, 0.4) is 0 Å². The predicted octanol–water partition coefficient (Wildman–Crippen LogP) is 1.69. The number of nitrogens with one attached hydrogen (secondary N) is 1. The predicted molar refractivity (Wildman–Crippen MR) is 67.3 cm³/mol. The van der Waals surface area contributed by atoms with Gasteiger partial charge in [0.25, 0.3) is 0 Å². The molecule has 2 heterocycles. The number of rotatable bonds is 3. The van der Waals surface area contributed by atoms with Crippen molar-refractivity contribution in [1.29, 1.82) is 0 Å². The normalized spacial score (nSPS) is 19.6. The number of urea groups is 1. The Morgan fingerprint density at radius 1 is 1.76 bits per heavy atom. The summed E-state index contributed by atoms with van der Waals surface area (Å²) in [5.74, 6) is 0. The molecule has 5 nitrogen and oxygen atoms in total. The van der Waals surface area contributed by atoms with Crippen LogP contribution in [0.2, 0.25) is 0 Å². The molecule has 1 aliphatic heterocycles. The summed E-state index contributed by atoms with van der Waals surface area (Å²) >= 11 is 1.50. The van der Waals surface area contributed by atoms with E-state index < -0.39 is 0 Å². The Morgan fingerprint density at radius 2 is 2.59 bits per heavy atom. The fourth-order valence-electron chi connectivity index (χ4n) is 1.98. The van der Waals surface area contributed by atoms with E-state index in [0.29, 0.717) is 11.7 Å². The zero-order chi connectivity index (χ0) is 12.3. The van der Waals surface area contributed by atoms with E-state index in [1.54, 1.807) is 11.1 Å². The Hall–Kier alpha value is -1.14. The fraction of sp³-hybridized carbons (Fsp3) is 0.636. The van der Waals surface area contributed by atoms with E-state index in [4.69, 9.17) is 5.11 Å². The quantitative estimate of drug-likeness (QED) is 0.864. The minimum atomic E-state index is -0.154. The van der Waals surface area contributed by atoms with Crippen LogP contribution in [0, 0.1) is 0 Å². The first-order chi connectivity index (χ1) is 8.24. The SMILES string of the molecule is CCc1cnc(NC(=O)N2CCC[C@@H]2CO)s1. The van der Waals surface area contributed by atoms with Crippen molar-refractivity contribution in [1.82, 2.24) is 9.88 Å². The zero-order valence-electron chi connectivity index (χ0n) is 9.85. The summed E-state index contributed by atoms with van der Waals surface area (Å²) in [6.07, 6.45) is 4.54. The minimum absolute atomic E-state index is 0.0332. The molecule has 6 heteroatoms. The third-order valence-corrected chi connectivity index (χ3v) is 4.02. The molecule has 2 amide bonds. The summed E-state index contributed by atoms with van der Waals surface area (Å²) < 4.78 is 0. The van der Waals surface area contributed by atoms with Crippen LogP contribution in [0.15, 0.2) is 6.20 Å². The molecule has 0 radical (unpaired) electrons. The Labute approximate surface area is 104 Å². The van der Waals surface area contributed by atoms with Gasteiger partial charge in [-0.3, -0.25) is 5.32 Å². The van der Waals surface area contributed by atoms with Crippen molar-refractivity contribution in [2.24, 2.45) is 0 Å². The van der Waals surface area contributed by atoms with E-state index in [2.05, 4.69) is 17.2 Å². The van der Waals surface area contributed by atoms with E-state index >= 15 is 0 Å². The van der Waals surface area contributed by atoms with Gasteiger partial charge in [0.2, 0.25) is 0 Å². The molecule has 0 spiro atoms. The van der Waals surface area contributed by atoms with Gasteiger partial charge in [0.05, 0.1) is 12.6 Å². The van der Waals surface area contributed by atoms with Gasteiger partial charge in [0.1, 0.15) is 0 Å². The van der Waals surface area contributed by atoms with E-state index in [0.717, 1.165) is 24.1 Å². The molecule has 2 N–H and O–H groups in total. The number of carbonyl (C=O) groups is 1. The molecule has 1 saturated heterocycles. The highest BCUT2D eigenvalue weighted by atomic mass is 32.1. The number of anilines is 1. The summed E-state index contributed by atoms with van der Waals surface area (Å²) in [6.45, 7) is 2.80. The Morgan fingerprint density at radius 3 is 3.24 bits per heavy atom. The first-order valence-electron chi connectivity index (χ1n) is 5.87. The molecule has 0 bridgehead atoms. The second-order valence-electron chi connectivity index (χ2n) is 4.09. The van der Waals surface area contributed by atoms with Crippen molar-refractivity contribution in [3.05, 3.63) is 11.1 Å². The number of aromatic nitrogens is 1. The summed E-state index contributed by atoms with van der Waals surface area (Å²) in [5, 5.41) is 12.6. The number of thiazole rings is 1. The number of hydrogen-bond donors (Lipinski definition) is 2. The number of aliphatic hydroxyl groups excluding tert-OH is 1. The number of hydrogen-bond acceptors (Lipinski definition) is 4. The molecular weight excluding hydrogens is 238 g/mol. The molecule has 0 saturated carbocycles. The maximum atomic E-state index is 12.0. The van der Waals surface area contributed by atoms with Crippen LogP contribution in [0.1, 0.15) is 24.6 Å². The number of nitrogens with zero attached hydrogens (tertiary/aromatic N) is 2. The average Bonchev–Trinajstić information content (AvgIpc) is 2.96. The van der Waals surface area contributed by atoms with Gasteiger partial charge < -0.3 is 10.0 Å². The minimum Gasteiger partial charge on any atom is -0.394 e. The molecule has 1 atom stereocenters. The lowest BCUT2D eigenvalue weighted by Crippen LogP contribution is -2.40. The highest BCUT2D eigenvalue weighted by molar-refractivity contribution is 7.15. The van der Waals surface area contributed by atoms with Gasteiger partial charge in [-0.05, 0) is 19.3 Å². The third-order valence-electron chi connectivity index (χ3n) is 2.96. The van der Waals surface area contributed by atoms with Gasteiger partial charge in [0, 0.05) is 17.6 Å². The van der Waals surface area contributed by atoms with Gasteiger partial charge in [-0.25, -0.2) is 9.78 Å². The van der Waals surface area contributed by atoms with Crippen molar-refractivity contribution in [2.45, 2.75) is 32.2 Å². The summed E-state index contributed by atoms with van der Waals surface area (Å²) in [5.41, 5.74) is 0. The van der Waals surface area contributed by atoms with Crippen LogP contribution in [0.25, 0.3) is 0 Å². The monoisotopic (exact) mass is 255 g/mol. The fourth-order valence-corrected chi connectivity index (χ4v) is 2.73. The van der Waals surface area contributed by atoms with Crippen molar-refractivity contribution in [2.75, 3.05) is 18.5 Å². The molecule has 0 aliphatic carbocycles. The van der Waals surface area contributed by atoms with Crippen LogP contribution in [-0.2, 0) is 6.42 Å². The third kappa shape index (κ3) is 2.76. The molecule has 1 aromatic rings. The molecule has 1 aliphatic rings. The first kappa shape index (κ1) is 12.3. The summed E-state index contributed by atoms with van der Waals surface area (Å²) in [4.78, 5) is 18.9. The Bertz CT molecular complexity index is 394. The topological polar surface area (TPSA) is 65.5 Å². The van der Waals surface area contributed by atoms with E-state index in [9.17, 15) is 4.79 Å². The average molecular weight is 255 g/mol. The molecule has 94 valence electrons. The van der Waals surface area contributed by atoms with Crippen LogP contribution in [0.5, 0.6) is 0 Å². The molecule has 17 heavy (non-hydrogen) atoms. The lowest BCUT2D eigenvalue weighted by atomic mass is 10.2. The molecule has 1 aromatic heterocycles. The summed E-state index contributed by atoms with van der Waals surface area (Å²) in [7, 11) is 0. The van der Waals surface area contributed by atoms with Crippen LogP contribution >= 0.6 is 11.3 Å². The van der Waals surface area contributed by atoms with E-state index in [1.807, 2.05) is 0 Å². The van der Waals surface area contributed by atoms with Gasteiger partial charge in [-0.1, -0.05) is 6.92 Å². The standard InChI is InChI=1S/C11H17N3O2S/c1-2-9-6-12-10(17-9)13-11(16)14-5-3-4-8(14)7-15/h6,8,15H,2-5,7H2,1H3,(H,12,13,16)/t8-/m1/s1. The highest BCUT2D eigenvalue weighted by Gasteiger charge is 2.28. The summed E-state index contributed by atoms with van der Waals surface area (Å²) in [6, 6.07) is -0.195.